The molecule has 4 nitrogen and oxygen atoms in total. The minimum atomic E-state index is -0.601. The minimum absolute atomic E-state index is 0.00111. The van der Waals surface area contributed by atoms with E-state index in [4.69, 9.17) is 28.9 Å². The van der Waals surface area contributed by atoms with Crippen LogP contribution in [0.25, 0.3) is 0 Å². The van der Waals surface area contributed by atoms with E-state index in [9.17, 15) is 14.4 Å². The molecule has 210 valence electrons. The lowest BCUT2D eigenvalue weighted by Gasteiger charge is -2.44. The van der Waals surface area contributed by atoms with Crippen LogP contribution in [0.1, 0.15) is 54.9 Å². The van der Waals surface area contributed by atoms with E-state index in [0.717, 1.165) is 32.8 Å². The molecule has 41 heavy (non-hydrogen) atoms. The van der Waals surface area contributed by atoms with Crippen molar-refractivity contribution in [1.82, 2.24) is 0 Å². The number of hydrogen-bond donors (Lipinski definition) is 1. The van der Waals surface area contributed by atoms with Gasteiger partial charge in [0.25, 0.3) is 0 Å². The first-order valence-electron chi connectivity index (χ1n) is 13.3. The molecule has 8 heteroatoms. The van der Waals surface area contributed by atoms with E-state index in [1.54, 1.807) is 47.0 Å². The molecule has 1 unspecified atom stereocenters. The van der Waals surface area contributed by atoms with Crippen LogP contribution in [0.4, 0.5) is 10.1 Å². The van der Waals surface area contributed by atoms with Gasteiger partial charge in [-0.05, 0) is 90.4 Å². The second kappa shape index (κ2) is 11.2. The van der Waals surface area contributed by atoms with Gasteiger partial charge in [0.05, 0.1) is 28.3 Å². The van der Waals surface area contributed by atoms with E-state index in [0.29, 0.717) is 45.5 Å². The molecule has 2 N–H and O–H groups in total. The van der Waals surface area contributed by atoms with Crippen molar-refractivity contribution in [2.75, 3.05) is 4.90 Å². The van der Waals surface area contributed by atoms with Gasteiger partial charge in [0.2, 0.25) is 0 Å². The summed E-state index contributed by atoms with van der Waals surface area (Å²) in [5.41, 5.74) is 12.8. The lowest BCUT2D eigenvalue weighted by molar-refractivity contribution is -0.118. The molecule has 1 heterocycles. The number of ketones is 1. The number of allylic oxidation sites excluding steroid dienone is 3. The second-order valence-corrected chi connectivity index (χ2v) is 13.3. The Balaban J connectivity index is 1.67. The number of rotatable bonds is 5. The summed E-state index contributed by atoms with van der Waals surface area (Å²) >= 11 is 14.4. The maximum Gasteiger partial charge on any atom is 0.162 e. The van der Waals surface area contributed by atoms with Crippen molar-refractivity contribution in [3.05, 3.63) is 115 Å². The lowest BCUT2D eigenvalue weighted by Crippen LogP contribution is -2.42. The molecule has 0 saturated carbocycles. The van der Waals surface area contributed by atoms with Crippen LogP contribution in [0.5, 0.6) is 0 Å². The number of carbonyl (C=O) groups is 1. The fraction of sp³-hybridized carbons (Fsp3) is 0.273. The van der Waals surface area contributed by atoms with Crippen molar-refractivity contribution in [1.29, 1.82) is 5.26 Å². The van der Waals surface area contributed by atoms with Crippen molar-refractivity contribution < 1.29 is 9.18 Å². The lowest BCUT2D eigenvalue weighted by atomic mass is 9.68. The number of benzene rings is 3. The van der Waals surface area contributed by atoms with Crippen molar-refractivity contribution in [2.24, 2.45) is 11.1 Å². The Kier molecular flexibility index (Phi) is 8.00. The topological polar surface area (TPSA) is 70.1 Å². The smallest absolute Gasteiger partial charge is 0.162 e. The van der Waals surface area contributed by atoms with E-state index in [1.165, 1.54) is 12.1 Å². The average molecular weight is 607 g/mol. The molecule has 0 amide bonds. The van der Waals surface area contributed by atoms with Crippen LogP contribution in [0, 0.1) is 36.4 Å². The number of Topliss-reactive ketones (excluding diaryl/α,β-unsaturated/α-hetero) is 1. The normalized spacial score (nSPS) is 18.4. The van der Waals surface area contributed by atoms with Gasteiger partial charge < -0.3 is 5.73 Å². The van der Waals surface area contributed by atoms with Gasteiger partial charge in [0.1, 0.15) is 11.6 Å². The SMILES string of the molecule is Cc1cc(C)c(C2C(C#N)=C(N)N(c3ccc(Cl)cc3Cl)C3=C2C(=O)CC(C)(C)C3)cc1CSc1ccc(F)cc1. The molecule has 1 aliphatic carbocycles. The Morgan fingerprint density at radius 2 is 1.78 bits per heavy atom. The predicted octanol–water partition coefficient (Wildman–Crippen LogP) is 8.98. The molecular weight excluding hydrogens is 576 g/mol. The van der Waals surface area contributed by atoms with Crippen LogP contribution < -0.4 is 10.6 Å². The van der Waals surface area contributed by atoms with Gasteiger partial charge in [-0.3, -0.25) is 9.69 Å². The molecule has 0 spiro atoms. The van der Waals surface area contributed by atoms with E-state index >= 15 is 0 Å². The molecule has 1 aliphatic heterocycles. The number of carbonyl (C=O) groups excluding carboxylic acids is 1. The Hall–Kier alpha value is -3.24. The molecule has 3 aromatic carbocycles. The molecule has 0 bridgehead atoms. The average Bonchev–Trinajstić information content (AvgIpc) is 2.89. The first-order chi connectivity index (χ1) is 19.4. The fourth-order valence-corrected chi connectivity index (χ4v) is 7.29. The number of nitrogens with zero attached hydrogens (tertiary/aromatic N) is 2. The van der Waals surface area contributed by atoms with Gasteiger partial charge in [0, 0.05) is 33.4 Å². The monoisotopic (exact) mass is 605 g/mol. The number of aryl methyl sites for hydroxylation is 2. The van der Waals surface area contributed by atoms with Gasteiger partial charge in [0.15, 0.2) is 5.78 Å². The number of anilines is 1. The van der Waals surface area contributed by atoms with Crippen molar-refractivity contribution in [3.8, 4) is 6.07 Å². The van der Waals surface area contributed by atoms with Crippen LogP contribution in [0.3, 0.4) is 0 Å². The highest BCUT2D eigenvalue weighted by molar-refractivity contribution is 7.98. The highest BCUT2D eigenvalue weighted by atomic mass is 35.5. The zero-order chi connectivity index (χ0) is 29.6. The number of hydrogen-bond acceptors (Lipinski definition) is 5. The number of thioether (sulfide) groups is 1. The van der Waals surface area contributed by atoms with Crippen LogP contribution in [0.2, 0.25) is 10.0 Å². The van der Waals surface area contributed by atoms with E-state index < -0.39 is 5.92 Å². The summed E-state index contributed by atoms with van der Waals surface area (Å²) in [6.07, 6.45) is 0.947. The van der Waals surface area contributed by atoms with Crippen LogP contribution in [-0.4, -0.2) is 5.78 Å². The molecule has 3 aromatic rings. The first kappa shape index (κ1) is 29.3. The molecule has 0 saturated heterocycles. The summed E-state index contributed by atoms with van der Waals surface area (Å²) < 4.78 is 13.4. The highest BCUT2D eigenvalue weighted by Gasteiger charge is 2.45. The Morgan fingerprint density at radius 3 is 2.44 bits per heavy atom. The largest absolute Gasteiger partial charge is 0.384 e. The Labute approximate surface area is 254 Å². The number of nitrogens with two attached hydrogens (primary N) is 1. The quantitative estimate of drug-likeness (QED) is 0.294. The molecule has 0 aromatic heterocycles. The predicted molar refractivity (Wildman–Crippen MR) is 165 cm³/mol. The number of nitriles is 1. The van der Waals surface area contributed by atoms with Gasteiger partial charge in [-0.15, -0.1) is 11.8 Å². The van der Waals surface area contributed by atoms with E-state index in [-0.39, 0.29) is 22.8 Å². The Bertz CT molecular complexity index is 1670. The summed E-state index contributed by atoms with van der Waals surface area (Å²) in [6.45, 7) is 8.18. The molecule has 1 atom stereocenters. The fourth-order valence-electron chi connectivity index (χ4n) is 5.83. The molecule has 0 radical (unpaired) electrons. The minimum Gasteiger partial charge on any atom is -0.384 e. The second-order valence-electron chi connectivity index (χ2n) is 11.5. The third-order valence-corrected chi connectivity index (χ3v) is 9.37. The van der Waals surface area contributed by atoms with Crippen LogP contribution in [-0.2, 0) is 10.5 Å². The third kappa shape index (κ3) is 5.64. The summed E-state index contributed by atoms with van der Waals surface area (Å²) in [5.74, 6) is 0.0352. The zero-order valence-electron chi connectivity index (χ0n) is 23.3. The van der Waals surface area contributed by atoms with Crippen LogP contribution in [0.15, 0.2) is 82.2 Å². The molecular formula is C33H30Cl2FN3OS. The van der Waals surface area contributed by atoms with E-state index in [1.807, 2.05) is 6.92 Å². The van der Waals surface area contributed by atoms with Crippen molar-refractivity contribution in [3.63, 3.8) is 0 Å². The van der Waals surface area contributed by atoms with Gasteiger partial charge in [-0.1, -0.05) is 49.2 Å². The summed E-state index contributed by atoms with van der Waals surface area (Å²) in [4.78, 5) is 16.7. The summed E-state index contributed by atoms with van der Waals surface area (Å²) in [5, 5.41) is 11.4. The summed E-state index contributed by atoms with van der Waals surface area (Å²) in [7, 11) is 0. The number of halogens is 3. The maximum atomic E-state index is 14.0. The van der Waals surface area contributed by atoms with Gasteiger partial charge in [-0.25, -0.2) is 4.39 Å². The summed E-state index contributed by atoms with van der Waals surface area (Å²) in [6, 6.07) is 18.1. The van der Waals surface area contributed by atoms with Gasteiger partial charge >= 0.3 is 0 Å². The van der Waals surface area contributed by atoms with Crippen molar-refractivity contribution in [2.45, 2.75) is 57.1 Å². The van der Waals surface area contributed by atoms with Crippen molar-refractivity contribution >= 4 is 46.4 Å². The third-order valence-electron chi connectivity index (χ3n) is 7.78. The maximum absolute atomic E-state index is 14.0. The molecule has 0 fully saturated rings. The van der Waals surface area contributed by atoms with E-state index in [2.05, 4.69) is 39.0 Å². The first-order valence-corrected chi connectivity index (χ1v) is 15.0. The van der Waals surface area contributed by atoms with Crippen LogP contribution >= 0.6 is 35.0 Å². The standard InChI is InChI=1S/C33H30Cl2FN3OS/c1-18-11-19(2)24(12-20(18)17-41-23-8-6-22(36)7-9-23)30-25(16-37)32(38)39(27-10-5-21(34)13-26(27)35)28-14-33(3,4)15-29(40)31(28)30/h5-13,30H,14-15,17,38H2,1-4H3. The molecule has 5 rings (SSSR count). The highest BCUT2D eigenvalue weighted by Crippen LogP contribution is 2.52. The van der Waals surface area contributed by atoms with Gasteiger partial charge in [-0.2, -0.15) is 5.26 Å². The molecule has 2 aliphatic rings. The zero-order valence-corrected chi connectivity index (χ0v) is 25.6. The Morgan fingerprint density at radius 1 is 1.07 bits per heavy atom.